The van der Waals surface area contributed by atoms with E-state index in [1.165, 1.54) is 25.1 Å². The van der Waals surface area contributed by atoms with Crippen molar-refractivity contribution < 1.29 is 28.3 Å². The summed E-state index contributed by atoms with van der Waals surface area (Å²) in [6, 6.07) is 5.81. The molecule has 3 aromatic rings. The molecule has 29 heavy (non-hydrogen) atoms. The number of esters is 2. The molecule has 0 bridgehead atoms. The number of ketones is 1. The van der Waals surface area contributed by atoms with Crippen molar-refractivity contribution in [1.82, 2.24) is 4.98 Å². The summed E-state index contributed by atoms with van der Waals surface area (Å²) in [6.45, 7) is 5.00. The lowest BCUT2D eigenvalue weighted by atomic mass is 10.1. The van der Waals surface area contributed by atoms with E-state index < -0.39 is 17.4 Å². The number of carbonyl (C=O) groups excluding carboxylic acids is 3. The quantitative estimate of drug-likeness (QED) is 0.354. The van der Waals surface area contributed by atoms with E-state index in [1.54, 1.807) is 19.9 Å². The van der Waals surface area contributed by atoms with E-state index >= 15 is 0 Å². The van der Waals surface area contributed by atoms with Crippen molar-refractivity contribution in [2.45, 2.75) is 27.2 Å². The largest absolute Gasteiger partial charge is 0.466 e. The number of ether oxygens (including phenoxy) is 2. The van der Waals surface area contributed by atoms with Gasteiger partial charge in [0.05, 0.1) is 41.7 Å². The number of Topliss-reactive ketones (excluding diaryl/α,β-unsaturated/α-hetero) is 1. The summed E-state index contributed by atoms with van der Waals surface area (Å²) in [5.74, 6) is -1.47. The molecule has 0 saturated carbocycles. The predicted molar refractivity (Wildman–Crippen MR) is 104 cm³/mol. The fraction of sp³-hybridized carbons (Fsp3) is 0.286. The summed E-state index contributed by atoms with van der Waals surface area (Å²) >= 11 is 0. The molecule has 0 aliphatic heterocycles. The van der Waals surface area contributed by atoms with E-state index in [1.807, 2.05) is 0 Å². The Bertz CT molecular complexity index is 1190. The molecule has 0 spiro atoms. The van der Waals surface area contributed by atoms with Crippen LogP contribution in [0.25, 0.3) is 22.1 Å². The van der Waals surface area contributed by atoms with Crippen LogP contribution in [0.5, 0.6) is 0 Å². The van der Waals surface area contributed by atoms with E-state index in [0.717, 1.165) is 0 Å². The fourth-order valence-corrected chi connectivity index (χ4v) is 2.91. The molecule has 0 N–H and O–H groups in total. The first kappa shape index (κ1) is 20.2. The second-order valence-corrected chi connectivity index (χ2v) is 6.24. The zero-order chi connectivity index (χ0) is 21.1. The molecule has 0 radical (unpaired) electrons. The predicted octanol–water partition coefficient (Wildman–Crippen LogP) is 2.83. The fourth-order valence-electron chi connectivity index (χ4n) is 2.91. The highest BCUT2D eigenvalue weighted by molar-refractivity contribution is 6.00. The van der Waals surface area contributed by atoms with Crippen molar-refractivity contribution in [1.29, 1.82) is 0 Å². The van der Waals surface area contributed by atoms with Crippen LogP contribution in [0.1, 0.15) is 47.2 Å². The normalized spacial score (nSPS) is 10.9. The van der Waals surface area contributed by atoms with Crippen LogP contribution < -0.4 is 5.43 Å². The van der Waals surface area contributed by atoms with Crippen LogP contribution >= 0.6 is 0 Å². The number of nitrogens with zero attached hydrogens (tertiary/aromatic N) is 1. The molecule has 150 valence electrons. The molecule has 0 atom stereocenters. The van der Waals surface area contributed by atoms with E-state index in [2.05, 4.69) is 4.98 Å². The third-order valence-electron chi connectivity index (χ3n) is 4.26. The number of carbonyl (C=O) groups is 3. The lowest BCUT2D eigenvalue weighted by molar-refractivity contribution is -0.142. The molecule has 1 aromatic carbocycles. The molecule has 0 amide bonds. The lowest BCUT2D eigenvalue weighted by Gasteiger charge is -2.10. The number of fused-ring (bicyclic) bond motifs is 2. The summed E-state index contributed by atoms with van der Waals surface area (Å²) in [6.07, 6.45) is -0.275. The average molecular weight is 397 g/mol. The zero-order valence-electron chi connectivity index (χ0n) is 16.2. The standard InChI is InChI=1S/C21H19NO7/c1-4-27-18(24)10-16-13(21(26)28-5-2)9-15-19(25)14-8-12(11(3)23)6-7-17(14)29-20(15)22-16/h6-9H,4-5,10H2,1-3H3. The lowest BCUT2D eigenvalue weighted by Crippen LogP contribution is -2.16. The molecule has 0 aliphatic carbocycles. The zero-order valence-corrected chi connectivity index (χ0v) is 16.2. The van der Waals surface area contributed by atoms with Crippen molar-refractivity contribution in [3.63, 3.8) is 0 Å². The molecular formula is C21H19NO7. The summed E-state index contributed by atoms with van der Waals surface area (Å²) < 4.78 is 15.7. The van der Waals surface area contributed by atoms with Crippen molar-refractivity contribution in [3.05, 3.63) is 51.3 Å². The monoisotopic (exact) mass is 397 g/mol. The molecule has 0 saturated heterocycles. The molecule has 2 aromatic heterocycles. The second kappa shape index (κ2) is 8.22. The number of hydrogen-bond donors (Lipinski definition) is 0. The molecule has 0 unspecified atom stereocenters. The second-order valence-electron chi connectivity index (χ2n) is 6.24. The number of hydrogen-bond acceptors (Lipinski definition) is 8. The molecule has 8 nitrogen and oxygen atoms in total. The topological polar surface area (TPSA) is 113 Å². The Hall–Kier alpha value is -3.55. The van der Waals surface area contributed by atoms with Gasteiger partial charge < -0.3 is 13.9 Å². The summed E-state index contributed by atoms with van der Waals surface area (Å²) in [5, 5.41) is 0.244. The highest BCUT2D eigenvalue weighted by Gasteiger charge is 2.21. The van der Waals surface area contributed by atoms with Gasteiger partial charge in [0.25, 0.3) is 0 Å². The molecular weight excluding hydrogens is 378 g/mol. The van der Waals surface area contributed by atoms with Crippen LogP contribution in [-0.2, 0) is 20.7 Å². The van der Waals surface area contributed by atoms with Gasteiger partial charge in [-0.25, -0.2) is 9.78 Å². The SMILES string of the molecule is CCOC(=O)Cc1nc2oc3ccc(C(C)=O)cc3c(=O)c2cc1C(=O)OCC. The van der Waals surface area contributed by atoms with Crippen molar-refractivity contribution in [2.24, 2.45) is 0 Å². The minimum absolute atomic E-state index is 0.0122. The number of aromatic nitrogens is 1. The van der Waals surface area contributed by atoms with E-state index in [4.69, 9.17) is 13.9 Å². The van der Waals surface area contributed by atoms with Gasteiger partial charge in [0, 0.05) is 5.56 Å². The van der Waals surface area contributed by atoms with Gasteiger partial charge in [-0.15, -0.1) is 0 Å². The Morgan fingerprint density at radius 3 is 2.41 bits per heavy atom. The third kappa shape index (κ3) is 4.01. The Morgan fingerprint density at radius 2 is 1.76 bits per heavy atom. The van der Waals surface area contributed by atoms with Gasteiger partial charge in [-0.05, 0) is 45.0 Å². The Labute approximate surface area is 165 Å². The van der Waals surface area contributed by atoms with Crippen LogP contribution in [0, 0.1) is 0 Å². The van der Waals surface area contributed by atoms with Gasteiger partial charge in [0.1, 0.15) is 5.58 Å². The van der Waals surface area contributed by atoms with Crippen molar-refractivity contribution in [3.8, 4) is 0 Å². The number of benzene rings is 1. The Balaban J connectivity index is 2.26. The van der Waals surface area contributed by atoms with Gasteiger partial charge in [-0.2, -0.15) is 0 Å². The number of pyridine rings is 1. The summed E-state index contributed by atoms with van der Waals surface area (Å²) in [4.78, 5) is 53.1. The van der Waals surface area contributed by atoms with Crippen LogP contribution in [0.4, 0.5) is 0 Å². The molecule has 3 rings (SSSR count). The van der Waals surface area contributed by atoms with E-state index in [9.17, 15) is 19.2 Å². The van der Waals surface area contributed by atoms with Crippen molar-refractivity contribution >= 4 is 39.8 Å². The van der Waals surface area contributed by atoms with E-state index in [0.29, 0.717) is 5.56 Å². The molecule has 0 fully saturated rings. The van der Waals surface area contributed by atoms with Gasteiger partial charge in [0.2, 0.25) is 11.1 Å². The van der Waals surface area contributed by atoms with Crippen LogP contribution in [0.15, 0.2) is 33.5 Å². The van der Waals surface area contributed by atoms with Gasteiger partial charge in [-0.1, -0.05) is 0 Å². The maximum atomic E-state index is 13.0. The highest BCUT2D eigenvalue weighted by atomic mass is 16.5. The van der Waals surface area contributed by atoms with Gasteiger partial charge in [0.15, 0.2) is 5.78 Å². The Morgan fingerprint density at radius 1 is 1.03 bits per heavy atom. The first-order valence-electron chi connectivity index (χ1n) is 9.09. The maximum absolute atomic E-state index is 13.0. The average Bonchev–Trinajstić information content (AvgIpc) is 2.67. The van der Waals surface area contributed by atoms with Crippen molar-refractivity contribution in [2.75, 3.05) is 13.2 Å². The minimum atomic E-state index is -0.710. The summed E-state index contributed by atoms with van der Waals surface area (Å²) in [7, 11) is 0. The van der Waals surface area contributed by atoms with Crippen LogP contribution in [0.2, 0.25) is 0 Å². The van der Waals surface area contributed by atoms with Crippen LogP contribution in [0.3, 0.4) is 0 Å². The smallest absolute Gasteiger partial charge is 0.340 e. The molecule has 0 aliphatic rings. The third-order valence-corrected chi connectivity index (χ3v) is 4.26. The minimum Gasteiger partial charge on any atom is -0.466 e. The van der Waals surface area contributed by atoms with Gasteiger partial charge >= 0.3 is 11.9 Å². The molecule has 2 heterocycles. The first-order chi connectivity index (χ1) is 13.8. The van der Waals surface area contributed by atoms with Gasteiger partial charge in [-0.3, -0.25) is 14.4 Å². The Kier molecular flexibility index (Phi) is 5.72. The highest BCUT2D eigenvalue weighted by Crippen LogP contribution is 2.22. The van der Waals surface area contributed by atoms with Crippen LogP contribution in [-0.4, -0.2) is 35.9 Å². The summed E-state index contributed by atoms with van der Waals surface area (Å²) in [5.41, 5.74) is 0.224. The first-order valence-corrected chi connectivity index (χ1v) is 9.09. The maximum Gasteiger partial charge on any atom is 0.340 e. The number of rotatable bonds is 6. The van der Waals surface area contributed by atoms with E-state index in [-0.39, 0.29) is 58.7 Å². The molecule has 8 heteroatoms.